The number of nitrogens with one attached hydrogen (secondary N) is 1. The Morgan fingerprint density at radius 1 is 1.33 bits per heavy atom. The summed E-state index contributed by atoms with van der Waals surface area (Å²) < 4.78 is 16.0. The number of methoxy groups -OCH3 is 1. The van der Waals surface area contributed by atoms with Gasteiger partial charge in [0.1, 0.15) is 0 Å². The second kappa shape index (κ2) is 5.48. The van der Waals surface area contributed by atoms with Crippen molar-refractivity contribution < 1.29 is 14.2 Å². The van der Waals surface area contributed by atoms with Crippen molar-refractivity contribution in [3.63, 3.8) is 0 Å². The summed E-state index contributed by atoms with van der Waals surface area (Å²) in [6.45, 7) is 7.38. The maximum absolute atomic E-state index is 5.55. The van der Waals surface area contributed by atoms with Crippen molar-refractivity contribution in [3.05, 3.63) is 18.2 Å². The Kier molecular flexibility index (Phi) is 3.97. The first-order valence-corrected chi connectivity index (χ1v) is 6.29. The van der Waals surface area contributed by atoms with Gasteiger partial charge in [-0.15, -0.1) is 0 Å². The van der Waals surface area contributed by atoms with Crippen LogP contribution >= 0.6 is 0 Å². The molecule has 1 N–H and O–H groups in total. The SMILES string of the molecule is CCOc1cc(NCC2(C)COC2)ccc1OC. The molecule has 4 nitrogen and oxygen atoms in total. The second-order valence-corrected chi connectivity index (χ2v) is 4.96. The molecule has 4 heteroatoms. The Morgan fingerprint density at radius 3 is 2.67 bits per heavy atom. The molecule has 100 valence electrons. The molecule has 1 aliphatic rings. The lowest BCUT2D eigenvalue weighted by atomic mass is 9.89. The Bertz CT molecular complexity index is 402. The standard InChI is InChI=1S/C14H21NO3/c1-4-18-13-7-11(5-6-12(13)16-3)15-8-14(2)9-17-10-14/h5-7,15H,4,8-10H2,1-3H3. The molecule has 1 fully saturated rings. The number of ether oxygens (including phenoxy) is 3. The van der Waals surface area contributed by atoms with Crippen LogP contribution in [0, 0.1) is 5.41 Å². The molecule has 0 atom stereocenters. The summed E-state index contributed by atoms with van der Waals surface area (Å²) in [4.78, 5) is 0. The van der Waals surface area contributed by atoms with Crippen molar-refractivity contribution in [2.45, 2.75) is 13.8 Å². The van der Waals surface area contributed by atoms with E-state index in [1.54, 1.807) is 7.11 Å². The van der Waals surface area contributed by atoms with Crippen LogP contribution in [-0.4, -0.2) is 33.5 Å². The Labute approximate surface area is 108 Å². The molecule has 0 aromatic heterocycles. The van der Waals surface area contributed by atoms with Gasteiger partial charge < -0.3 is 19.5 Å². The molecule has 1 aliphatic heterocycles. The van der Waals surface area contributed by atoms with Crippen molar-refractivity contribution in [3.8, 4) is 11.5 Å². The van der Waals surface area contributed by atoms with E-state index in [4.69, 9.17) is 14.2 Å². The van der Waals surface area contributed by atoms with Gasteiger partial charge in [0.25, 0.3) is 0 Å². The fourth-order valence-corrected chi connectivity index (χ4v) is 1.92. The van der Waals surface area contributed by atoms with Gasteiger partial charge in [0.2, 0.25) is 0 Å². The average molecular weight is 251 g/mol. The van der Waals surface area contributed by atoms with Crippen LogP contribution in [0.2, 0.25) is 0 Å². The highest BCUT2D eigenvalue weighted by Crippen LogP contribution is 2.32. The quantitative estimate of drug-likeness (QED) is 0.843. The topological polar surface area (TPSA) is 39.7 Å². The van der Waals surface area contributed by atoms with Crippen LogP contribution < -0.4 is 14.8 Å². The van der Waals surface area contributed by atoms with E-state index in [0.29, 0.717) is 6.61 Å². The molecule has 0 unspecified atom stereocenters. The third kappa shape index (κ3) is 2.88. The summed E-state index contributed by atoms with van der Waals surface area (Å²) in [5, 5.41) is 3.42. The van der Waals surface area contributed by atoms with Crippen molar-refractivity contribution in [2.24, 2.45) is 5.41 Å². The molecule has 0 aliphatic carbocycles. The molecule has 0 radical (unpaired) electrons. The number of hydrogen-bond acceptors (Lipinski definition) is 4. The third-order valence-corrected chi connectivity index (χ3v) is 3.08. The molecule has 18 heavy (non-hydrogen) atoms. The zero-order valence-electron chi connectivity index (χ0n) is 11.3. The van der Waals surface area contributed by atoms with Crippen molar-refractivity contribution in [1.29, 1.82) is 0 Å². The van der Waals surface area contributed by atoms with E-state index < -0.39 is 0 Å². The molecule has 0 bridgehead atoms. The number of rotatable bonds is 6. The summed E-state index contributed by atoms with van der Waals surface area (Å²) in [6, 6.07) is 5.91. The Hall–Kier alpha value is -1.42. The number of hydrogen-bond donors (Lipinski definition) is 1. The minimum absolute atomic E-state index is 0.256. The summed E-state index contributed by atoms with van der Waals surface area (Å²) in [7, 11) is 1.65. The predicted molar refractivity (Wildman–Crippen MR) is 71.6 cm³/mol. The molecule has 0 saturated carbocycles. The first-order chi connectivity index (χ1) is 8.67. The van der Waals surface area contributed by atoms with E-state index in [9.17, 15) is 0 Å². The lowest BCUT2D eigenvalue weighted by Gasteiger charge is -2.38. The molecule has 1 saturated heterocycles. The van der Waals surface area contributed by atoms with Gasteiger partial charge in [-0.1, -0.05) is 6.92 Å². The van der Waals surface area contributed by atoms with E-state index in [1.807, 2.05) is 25.1 Å². The lowest BCUT2D eigenvalue weighted by molar-refractivity contribution is -0.0924. The average Bonchev–Trinajstić information content (AvgIpc) is 2.35. The monoisotopic (exact) mass is 251 g/mol. The van der Waals surface area contributed by atoms with Crippen LogP contribution in [0.4, 0.5) is 5.69 Å². The van der Waals surface area contributed by atoms with E-state index in [1.165, 1.54) is 0 Å². The number of anilines is 1. The lowest BCUT2D eigenvalue weighted by Crippen LogP contribution is -2.45. The summed E-state index contributed by atoms with van der Waals surface area (Å²) >= 11 is 0. The molecule has 0 spiro atoms. The summed E-state index contributed by atoms with van der Waals surface area (Å²) in [5.74, 6) is 1.54. The Balaban J connectivity index is 2.01. The van der Waals surface area contributed by atoms with Crippen LogP contribution in [0.3, 0.4) is 0 Å². The van der Waals surface area contributed by atoms with Gasteiger partial charge in [-0.25, -0.2) is 0 Å². The smallest absolute Gasteiger partial charge is 0.163 e. The molecular weight excluding hydrogens is 230 g/mol. The second-order valence-electron chi connectivity index (χ2n) is 4.96. The highest BCUT2D eigenvalue weighted by molar-refractivity contribution is 5.54. The van der Waals surface area contributed by atoms with E-state index >= 15 is 0 Å². The van der Waals surface area contributed by atoms with Gasteiger partial charge in [-0.05, 0) is 19.1 Å². The maximum atomic E-state index is 5.55. The van der Waals surface area contributed by atoms with Crippen LogP contribution in [-0.2, 0) is 4.74 Å². The van der Waals surface area contributed by atoms with E-state index in [-0.39, 0.29) is 5.41 Å². The zero-order chi connectivity index (χ0) is 13.0. The van der Waals surface area contributed by atoms with E-state index in [2.05, 4.69) is 12.2 Å². The molecule has 0 amide bonds. The molecular formula is C14H21NO3. The van der Waals surface area contributed by atoms with Crippen LogP contribution in [0.1, 0.15) is 13.8 Å². The van der Waals surface area contributed by atoms with Gasteiger partial charge in [-0.2, -0.15) is 0 Å². The molecule has 1 heterocycles. The molecule has 2 rings (SSSR count). The van der Waals surface area contributed by atoms with Gasteiger partial charge >= 0.3 is 0 Å². The normalized spacial score (nSPS) is 16.8. The zero-order valence-corrected chi connectivity index (χ0v) is 11.3. The van der Waals surface area contributed by atoms with Crippen LogP contribution in [0.25, 0.3) is 0 Å². The van der Waals surface area contributed by atoms with Crippen LogP contribution in [0.15, 0.2) is 18.2 Å². The fraction of sp³-hybridized carbons (Fsp3) is 0.571. The highest BCUT2D eigenvalue weighted by Gasteiger charge is 2.32. The largest absolute Gasteiger partial charge is 0.493 e. The first kappa shape index (κ1) is 13.0. The van der Waals surface area contributed by atoms with Crippen molar-refractivity contribution in [1.82, 2.24) is 0 Å². The minimum atomic E-state index is 0.256. The first-order valence-electron chi connectivity index (χ1n) is 6.29. The van der Waals surface area contributed by atoms with E-state index in [0.717, 1.165) is 36.9 Å². The van der Waals surface area contributed by atoms with Crippen LogP contribution in [0.5, 0.6) is 11.5 Å². The predicted octanol–water partition coefficient (Wildman–Crippen LogP) is 2.54. The van der Waals surface area contributed by atoms with Crippen molar-refractivity contribution in [2.75, 3.05) is 38.8 Å². The highest BCUT2D eigenvalue weighted by atomic mass is 16.5. The van der Waals surface area contributed by atoms with Gasteiger partial charge in [-0.3, -0.25) is 0 Å². The third-order valence-electron chi connectivity index (χ3n) is 3.08. The van der Waals surface area contributed by atoms with Gasteiger partial charge in [0, 0.05) is 23.7 Å². The van der Waals surface area contributed by atoms with Gasteiger partial charge in [0.15, 0.2) is 11.5 Å². The minimum Gasteiger partial charge on any atom is -0.493 e. The van der Waals surface area contributed by atoms with Crippen molar-refractivity contribution >= 4 is 5.69 Å². The van der Waals surface area contributed by atoms with Gasteiger partial charge in [0.05, 0.1) is 26.9 Å². The summed E-state index contributed by atoms with van der Waals surface area (Å²) in [5.41, 5.74) is 1.30. The maximum Gasteiger partial charge on any atom is 0.163 e. The Morgan fingerprint density at radius 2 is 2.11 bits per heavy atom. The summed E-state index contributed by atoms with van der Waals surface area (Å²) in [6.07, 6.45) is 0. The molecule has 1 aromatic rings. The number of benzene rings is 1. The fourth-order valence-electron chi connectivity index (χ4n) is 1.92. The molecule has 1 aromatic carbocycles.